The molecule has 1 amide bonds. The maximum atomic E-state index is 12.5. The molecule has 104 valence electrons. The van der Waals surface area contributed by atoms with Crippen molar-refractivity contribution in [3.8, 4) is 0 Å². The largest absolute Gasteiger partial charge is 0.378 e. The summed E-state index contributed by atoms with van der Waals surface area (Å²) >= 11 is 0. The van der Waals surface area contributed by atoms with Gasteiger partial charge in [0, 0.05) is 37.9 Å². The third-order valence-corrected chi connectivity index (χ3v) is 3.89. The van der Waals surface area contributed by atoms with Gasteiger partial charge < -0.3 is 15.5 Å². The highest BCUT2D eigenvalue weighted by atomic mass is 16.2. The van der Waals surface area contributed by atoms with E-state index in [9.17, 15) is 4.79 Å². The SMILES string of the molecule is CC1CC(CN)CN1C(=O)c1ccc(N(C)C)cc1. The summed E-state index contributed by atoms with van der Waals surface area (Å²) in [5.41, 5.74) is 7.57. The van der Waals surface area contributed by atoms with Gasteiger partial charge in [-0.25, -0.2) is 0 Å². The molecule has 1 aromatic carbocycles. The van der Waals surface area contributed by atoms with Gasteiger partial charge in [0.25, 0.3) is 5.91 Å². The van der Waals surface area contributed by atoms with E-state index in [2.05, 4.69) is 6.92 Å². The van der Waals surface area contributed by atoms with Gasteiger partial charge in [-0.1, -0.05) is 0 Å². The number of amides is 1. The van der Waals surface area contributed by atoms with Gasteiger partial charge in [-0.2, -0.15) is 0 Å². The van der Waals surface area contributed by atoms with Crippen LogP contribution in [-0.4, -0.2) is 44.0 Å². The number of rotatable bonds is 3. The fourth-order valence-corrected chi connectivity index (χ4v) is 2.66. The summed E-state index contributed by atoms with van der Waals surface area (Å²) in [7, 11) is 3.98. The zero-order chi connectivity index (χ0) is 14.0. The number of likely N-dealkylation sites (tertiary alicyclic amines) is 1. The second kappa shape index (κ2) is 5.61. The summed E-state index contributed by atoms with van der Waals surface area (Å²) in [6.07, 6.45) is 1.01. The van der Waals surface area contributed by atoms with Crippen molar-refractivity contribution in [3.05, 3.63) is 29.8 Å². The van der Waals surface area contributed by atoms with E-state index >= 15 is 0 Å². The molecule has 2 N–H and O–H groups in total. The van der Waals surface area contributed by atoms with Crippen LogP contribution in [0.5, 0.6) is 0 Å². The Kier molecular flexibility index (Phi) is 4.10. The monoisotopic (exact) mass is 261 g/mol. The van der Waals surface area contributed by atoms with E-state index in [1.54, 1.807) is 0 Å². The molecule has 4 nitrogen and oxygen atoms in total. The molecule has 1 aliphatic rings. The zero-order valence-corrected chi connectivity index (χ0v) is 12.0. The van der Waals surface area contributed by atoms with Crippen molar-refractivity contribution in [2.75, 3.05) is 32.1 Å². The minimum Gasteiger partial charge on any atom is -0.378 e. The topological polar surface area (TPSA) is 49.6 Å². The van der Waals surface area contributed by atoms with Crippen LogP contribution in [0.3, 0.4) is 0 Å². The predicted molar refractivity (Wildman–Crippen MR) is 78.4 cm³/mol. The number of nitrogens with zero attached hydrogens (tertiary/aromatic N) is 2. The van der Waals surface area contributed by atoms with Crippen LogP contribution in [0.2, 0.25) is 0 Å². The third-order valence-electron chi connectivity index (χ3n) is 3.89. The minimum absolute atomic E-state index is 0.119. The Labute approximate surface area is 115 Å². The average molecular weight is 261 g/mol. The highest BCUT2D eigenvalue weighted by Crippen LogP contribution is 2.24. The lowest BCUT2D eigenvalue weighted by Gasteiger charge is -2.22. The minimum atomic E-state index is 0.119. The number of nitrogens with two attached hydrogens (primary N) is 1. The smallest absolute Gasteiger partial charge is 0.254 e. The molecule has 0 saturated carbocycles. The third kappa shape index (κ3) is 2.89. The van der Waals surface area contributed by atoms with Gasteiger partial charge >= 0.3 is 0 Å². The Bertz CT molecular complexity index is 441. The van der Waals surface area contributed by atoms with Crippen LogP contribution in [-0.2, 0) is 0 Å². The highest BCUT2D eigenvalue weighted by molar-refractivity contribution is 5.95. The molecular weight excluding hydrogens is 238 g/mol. The molecule has 2 unspecified atom stereocenters. The first-order valence-electron chi connectivity index (χ1n) is 6.81. The van der Waals surface area contributed by atoms with Gasteiger partial charge in [-0.3, -0.25) is 4.79 Å². The lowest BCUT2D eigenvalue weighted by molar-refractivity contribution is 0.0743. The van der Waals surface area contributed by atoms with Gasteiger partial charge in [0.05, 0.1) is 0 Å². The van der Waals surface area contributed by atoms with Crippen LogP contribution in [0.1, 0.15) is 23.7 Å². The Morgan fingerprint density at radius 3 is 2.47 bits per heavy atom. The molecule has 19 heavy (non-hydrogen) atoms. The van der Waals surface area contributed by atoms with Crippen molar-refractivity contribution in [1.82, 2.24) is 4.90 Å². The normalized spacial score (nSPS) is 22.6. The summed E-state index contributed by atoms with van der Waals surface area (Å²) in [5.74, 6) is 0.564. The number of hydrogen-bond donors (Lipinski definition) is 1. The first-order chi connectivity index (χ1) is 9.02. The van der Waals surface area contributed by atoms with Crippen molar-refractivity contribution < 1.29 is 4.79 Å². The Hall–Kier alpha value is -1.55. The summed E-state index contributed by atoms with van der Waals surface area (Å²) < 4.78 is 0. The first-order valence-corrected chi connectivity index (χ1v) is 6.81. The van der Waals surface area contributed by atoms with Crippen LogP contribution in [0.25, 0.3) is 0 Å². The van der Waals surface area contributed by atoms with Crippen molar-refractivity contribution in [2.45, 2.75) is 19.4 Å². The molecule has 0 aromatic heterocycles. The van der Waals surface area contributed by atoms with Crippen molar-refractivity contribution >= 4 is 11.6 Å². The summed E-state index contributed by atoms with van der Waals surface area (Å²) in [6.45, 7) is 3.54. The Morgan fingerprint density at radius 2 is 2.00 bits per heavy atom. The van der Waals surface area contributed by atoms with Crippen LogP contribution < -0.4 is 10.6 Å². The number of benzene rings is 1. The average Bonchev–Trinajstić information content (AvgIpc) is 2.79. The maximum absolute atomic E-state index is 12.5. The molecule has 2 rings (SSSR count). The van der Waals surface area contributed by atoms with Gasteiger partial charge in [-0.15, -0.1) is 0 Å². The maximum Gasteiger partial charge on any atom is 0.254 e. The molecule has 1 aromatic rings. The quantitative estimate of drug-likeness (QED) is 0.898. The van der Waals surface area contributed by atoms with Gasteiger partial charge in [0.15, 0.2) is 0 Å². The van der Waals surface area contributed by atoms with Crippen LogP contribution >= 0.6 is 0 Å². The number of hydrogen-bond acceptors (Lipinski definition) is 3. The summed E-state index contributed by atoms with van der Waals surface area (Å²) in [6, 6.07) is 8.05. The number of carbonyl (C=O) groups is 1. The Balaban J connectivity index is 2.11. The van der Waals surface area contributed by atoms with Gasteiger partial charge in [-0.05, 0) is 50.1 Å². The molecule has 0 radical (unpaired) electrons. The fraction of sp³-hybridized carbons (Fsp3) is 0.533. The van der Waals surface area contributed by atoms with E-state index in [0.29, 0.717) is 12.5 Å². The molecule has 0 bridgehead atoms. The standard InChI is InChI=1S/C15H23N3O/c1-11-8-12(9-16)10-18(11)15(19)13-4-6-14(7-5-13)17(2)3/h4-7,11-12H,8-10,16H2,1-3H3. The molecule has 1 aliphatic heterocycles. The fourth-order valence-electron chi connectivity index (χ4n) is 2.66. The van der Waals surface area contributed by atoms with Crippen molar-refractivity contribution in [3.63, 3.8) is 0 Å². The molecule has 4 heteroatoms. The summed E-state index contributed by atoms with van der Waals surface area (Å²) in [4.78, 5) is 16.4. The van der Waals surface area contributed by atoms with E-state index < -0.39 is 0 Å². The second-order valence-corrected chi connectivity index (χ2v) is 5.59. The zero-order valence-electron chi connectivity index (χ0n) is 12.0. The number of carbonyl (C=O) groups excluding carboxylic acids is 1. The molecule has 1 fully saturated rings. The van der Waals surface area contributed by atoms with E-state index in [-0.39, 0.29) is 11.9 Å². The second-order valence-electron chi connectivity index (χ2n) is 5.59. The first kappa shape index (κ1) is 13.9. The van der Waals surface area contributed by atoms with E-state index in [0.717, 1.165) is 24.2 Å². The van der Waals surface area contributed by atoms with E-state index in [1.165, 1.54) is 0 Å². The predicted octanol–water partition coefficient (Wildman–Crippen LogP) is 1.56. The van der Waals surface area contributed by atoms with Crippen LogP contribution in [0.15, 0.2) is 24.3 Å². The highest BCUT2D eigenvalue weighted by Gasteiger charge is 2.31. The van der Waals surface area contributed by atoms with Crippen molar-refractivity contribution in [1.29, 1.82) is 0 Å². The molecule has 0 spiro atoms. The number of anilines is 1. The molecular formula is C15H23N3O. The Morgan fingerprint density at radius 1 is 1.37 bits per heavy atom. The van der Waals surface area contributed by atoms with E-state index in [1.807, 2.05) is 48.2 Å². The molecule has 0 aliphatic carbocycles. The molecule has 2 atom stereocenters. The van der Waals surface area contributed by atoms with Gasteiger partial charge in [0.1, 0.15) is 0 Å². The lowest BCUT2D eigenvalue weighted by Crippen LogP contribution is -2.34. The molecule has 1 heterocycles. The molecule has 1 saturated heterocycles. The summed E-state index contributed by atoms with van der Waals surface area (Å²) in [5, 5.41) is 0. The van der Waals surface area contributed by atoms with Crippen molar-refractivity contribution in [2.24, 2.45) is 11.7 Å². The van der Waals surface area contributed by atoms with Gasteiger partial charge in [0.2, 0.25) is 0 Å². The lowest BCUT2D eigenvalue weighted by atomic mass is 10.1. The van der Waals surface area contributed by atoms with E-state index in [4.69, 9.17) is 5.73 Å². The van der Waals surface area contributed by atoms with Crippen LogP contribution in [0.4, 0.5) is 5.69 Å². The van der Waals surface area contributed by atoms with Crippen LogP contribution in [0, 0.1) is 5.92 Å².